The fourth-order valence-corrected chi connectivity index (χ4v) is 4.26. The molecule has 0 spiro atoms. The number of ketones is 3. The molecular formula is C29H46O3. The molecule has 0 N–H and O–H groups in total. The molecule has 0 aliphatic rings. The van der Waals surface area contributed by atoms with E-state index in [0.717, 1.165) is 35.1 Å². The molecule has 0 aromatic rings. The summed E-state index contributed by atoms with van der Waals surface area (Å²) in [6.07, 6.45) is 11.5. The third-order valence-corrected chi connectivity index (χ3v) is 5.90. The normalized spacial score (nSPS) is 17.6. The van der Waals surface area contributed by atoms with Gasteiger partial charge in [-0.2, -0.15) is 0 Å². The van der Waals surface area contributed by atoms with Gasteiger partial charge < -0.3 is 0 Å². The molecule has 0 saturated heterocycles. The molecule has 0 fully saturated rings. The van der Waals surface area contributed by atoms with Crippen LogP contribution in [0.3, 0.4) is 0 Å². The maximum atomic E-state index is 12.5. The molecule has 0 saturated carbocycles. The van der Waals surface area contributed by atoms with Crippen molar-refractivity contribution in [2.45, 2.75) is 94.9 Å². The third-order valence-electron chi connectivity index (χ3n) is 5.90. The van der Waals surface area contributed by atoms with Crippen molar-refractivity contribution in [3.8, 4) is 0 Å². The molecule has 4 atom stereocenters. The van der Waals surface area contributed by atoms with E-state index < -0.39 is 5.92 Å². The van der Waals surface area contributed by atoms with Gasteiger partial charge in [-0.05, 0) is 59.0 Å². The second-order valence-corrected chi connectivity index (χ2v) is 9.60. The summed E-state index contributed by atoms with van der Waals surface area (Å²) >= 11 is 0. The molecule has 0 rings (SSSR count). The molecule has 180 valence electrons. The van der Waals surface area contributed by atoms with Gasteiger partial charge in [0.2, 0.25) is 0 Å². The molecule has 3 nitrogen and oxygen atoms in total. The van der Waals surface area contributed by atoms with Gasteiger partial charge in [0.05, 0.1) is 5.92 Å². The highest BCUT2D eigenvalue weighted by atomic mass is 16.2. The van der Waals surface area contributed by atoms with E-state index in [0.29, 0.717) is 12.8 Å². The minimum Gasteiger partial charge on any atom is -0.299 e. The number of rotatable bonds is 14. The zero-order valence-electron chi connectivity index (χ0n) is 22.2. The molecule has 0 bridgehead atoms. The maximum Gasteiger partial charge on any atom is 0.161 e. The van der Waals surface area contributed by atoms with Crippen molar-refractivity contribution in [1.29, 1.82) is 0 Å². The predicted molar refractivity (Wildman–Crippen MR) is 137 cm³/mol. The minimum atomic E-state index is -0.514. The van der Waals surface area contributed by atoms with Gasteiger partial charge in [-0.15, -0.1) is 0 Å². The van der Waals surface area contributed by atoms with E-state index in [1.165, 1.54) is 0 Å². The molecule has 3 heteroatoms. The summed E-state index contributed by atoms with van der Waals surface area (Å²) in [5.41, 5.74) is 4.23. The topological polar surface area (TPSA) is 51.2 Å². The maximum absolute atomic E-state index is 12.5. The molecule has 32 heavy (non-hydrogen) atoms. The Balaban J connectivity index is 5.15. The van der Waals surface area contributed by atoms with Gasteiger partial charge in [0, 0.05) is 18.3 Å². The van der Waals surface area contributed by atoms with Crippen molar-refractivity contribution < 1.29 is 14.4 Å². The van der Waals surface area contributed by atoms with Crippen LogP contribution in [0.2, 0.25) is 0 Å². The first-order chi connectivity index (χ1) is 14.8. The lowest BCUT2D eigenvalue weighted by Gasteiger charge is -2.15. The van der Waals surface area contributed by atoms with Crippen LogP contribution in [-0.2, 0) is 14.4 Å². The summed E-state index contributed by atoms with van der Waals surface area (Å²) in [6.45, 7) is 19.7. The van der Waals surface area contributed by atoms with Crippen LogP contribution in [-0.4, -0.2) is 17.3 Å². The average molecular weight is 443 g/mol. The van der Waals surface area contributed by atoms with Gasteiger partial charge in [0.25, 0.3) is 0 Å². The van der Waals surface area contributed by atoms with E-state index in [4.69, 9.17) is 0 Å². The second kappa shape index (κ2) is 14.9. The Morgan fingerprint density at radius 1 is 0.781 bits per heavy atom. The second-order valence-electron chi connectivity index (χ2n) is 9.60. The van der Waals surface area contributed by atoms with E-state index in [1.54, 1.807) is 13.8 Å². The van der Waals surface area contributed by atoms with Crippen LogP contribution >= 0.6 is 0 Å². The Labute approximate surface area is 197 Å². The van der Waals surface area contributed by atoms with E-state index in [2.05, 4.69) is 45.9 Å². The zero-order valence-corrected chi connectivity index (χ0v) is 22.2. The standard InChI is InChI=1S/C29H46O3/c1-11-13-23(7)28(31)24(8)17-21(5)15-19(3)14-20(4)16-22(6)18-25(9)29(32)26(10)27(30)12-2/h14-17,21,23,25-26H,11-13,18H2,1-10H3. The SMILES string of the molecule is CCCC(C)C(=O)C(C)=CC(C)C=C(C)C=C(C)C=C(C)CC(C)C(=O)C(C)C(=O)CC. The van der Waals surface area contributed by atoms with Crippen LogP contribution in [0.25, 0.3) is 0 Å². The monoisotopic (exact) mass is 442 g/mol. The highest BCUT2D eigenvalue weighted by Crippen LogP contribution is 2.20. The van der Waals surface area contributed by atoms with Crippen LogP contribution in [0.15, 0.2) is 46.6 Å². The third kappa shape index (κ3) is 11.0. The summed E-state index contributed by atoms with van der Waals surface area (Å²) in [7, 11) is 0. The first-order valence-electron chi connectivity index (χ1n) is 12.2. The molecule has 0 amide bonds. The molecular weight excluding hydrogens is 396 g/mol. The number of carbonyl (C=O) groups is 3. The quantitative estimate of drug-likeness (QED) is 0.158. The van der Waals surface area contributed by atoms with Crippen molar-refractivity contribution in [2.24, 2.45) is 23.7 Å². The first-order valence-corrected chi connectivity index (χ1v) is 12.2. The Bertz CT molecular complexity index is 776. The minimum absolute atomic E-state index is 0.0141. The highest BCUT2D eigenvalue weighted by Gasteiger charge is 2.24. The number of Topliss-reactive ketones (excluding diaryl/α,β-unsaturated/α-hetero) is 3. The Morgan fingerprint density at radius 3 is 1.91 bits per heavy atom. The molecule has 0 radical (unpaired) electrons. The molecule has 0 aromatic carbocycles. The Hall–Kier alpha value is -2.03. The molecule has 4 unspecified atom stereocenters. The lowest BCUT2D eigenvalue weighted by atomic mass is 9.87. The van der Waals surface area contributed by atoms with E-state index in [1.807, 2.05) is 33.8 Å². The van der Waals surface area contributed by atoms with Crippen molar-refractivity contribution in [2.75, 3.05) is 0 Å². The lowest BCUT2D eigenvalue weighted by Crippen LogP contribution is -2.26. The van der Waals surface area contributed by atoms with E-state index in [9.17, 15) is 14.4 Å². The molecule has 0 aliphatic heterocycles. The van der Waals surface area contributed by atoms with Gasteiger partial charge in [-0.3, -0.25) is 14.4 Å². The lowest BCUT2D eigenvalue weighted by molar-refractivity contribution is -0.134. The number of hydrogen-bond donors (Lipinski definition) is 0. The van der Waals surface area contributed by atoms with Crippen LogP contribution in [0.4, 0.5) is 0 Å². The van der Waals surface area contributed by atoms with Gasteiger partial charge in [0.15, 0.2) is 5.78 Å². The van der Waals surface area contributed by atoms with Crippen molar-refractivity contribution in [3.05, 3.63) is 46.6 Å². The fourth-order valence-electron chi connectivity index (χ4n) is 4.26. The smallest absolute Gasteiger partial charge is 0.161 e. The molecule has 0 heterocycles. The van der Waals surface area contributed by atoms with Crippen molar-refractivity contribution in [1.82, 2.24) is 0 Å². The summed E-state index contributed by atoms with van der Waals surface area (Å²) in [4.78, 5) is 36.7. The largest absolute Gasteiger partial charge is 0.299 e. The van der Waals surface area contributed by atoms with Crippen LogP contribution < -0.4 is 0 Å². The van der Waals surface area contributed by atoms with Gasteiger partial charge >= 0.3 is 0 Å². The van der Waals surface area contributed by atoms with Crippen LogP contribution in [0.1, 0.15) is 94.9 Å². The fraction of sp³-hybridized carbons (Fsp3) is 0.621. The summed E-state index contributed by atoms with van der Waals surface area (Å²) < 4.78 is 0. The first kappa shape index (κ1) is 30.0. The number of carbonyl (C=O) groups excluding carboxylic acids is 3. The molecule has 0 aromatic heterocycles. The molecule has 0 aliphatic carbocycles. The Morgan fingerprint density at radius 2 is 1.38 bits per heavy atom. The van der Waals surface area contributed by atoms with E-state index >= 15 is 0 Å². The number of allylic oxidation sites excluding steroid dienone is 8. The number of hydrogen-bond acceptors (Lipinski definition) is 3. The van der Waals surface area contributed by atoms with E-state index in [-0.39, 0.29) is 35.1 Å². The summed E-state index contributed by atoms with van der Waals surface area (Å²) in [6, 6.07) is 0. The van der Waals surface area contributed by atoms with Gasteiger partial charge in [-0.25, -0.2) is 0 Å². The van der Waals surface area contributed by atoms with Crippen molar-refractivity contribution >= 4 is 17.3 Å². The zero-order chi connectivity index (χ0) is 25.0. The average Bonchev–Trinajstić information content (AvgIpc) is 2.70. The van der Waals surface area contributed by atoms with Gasteiger partial charge in [-0.1, -0.05) is 82.1 Å². The van der Waals surface area contributed by atoms with Crippen LogP contribution in [0.5, 0.6) is 0 Å². The van der Waals surface area contributed by atoms with Gasteiger partial charge in [0.1, 0.15) is 11.6 Å². The van der Waals surface area contributed by atoms with Crippen LogP contribution in [0, 0.1) is 23.7 Å². The predicted octanol–water partition coefficient (Wildman–Crippen LogP) is 7.62. The van der Waals surface area contributed by atoms with Crippen molar-refractivity contribution in [3.63, 3.8) is 0 Å². The Kier molecular flexibility index (Phi) is 14.0. The highest BCUT2D eigenvalue weighted by molar-refractivity contribution is 6.02. The summed E-state index contributed by atoms with van der Waals surface area (Å²) in [5, 5.41) is 0. The summed E-state index contributed by atoms with van der Waals surface area (Å²) in [5.74, 6) is -0.130.